The van der Waals surface area contributed by atoms with E-state index in [1.165, 1.54) is 6.07 Å². The Hall–Kier alpha value is -1.40. The Morgan fingerprint density at radius 1 is 1.60 bits per heavy atom. The normalized spacial score (nSPS) is 9.73. The number of carbonyl (C=O) groups is 2. The first-order chi connectivity index (χ1) is 7.10. The maximum Gasteiger partial charge on any atom is 0.418 e. The van der Waals surface area contributed by atoms with Gasteiger partial charge in [-0.3, -0.25) is 4.79 Å². The number of nitrogens with zero attached hydrogens (tertiary/aromatic N) is 1. The molecule has 15 heavy (non-hydrogen) atoms. The van der Waals surface area contributed by atoms with E-state index in [1.807, 2.05) is 0 Å². The predicted molar refractivity (Wildman–Crippen MR) is 58.6 cm³/mol. The summed E-state index contributed by atoms with van der Waals surface area (Å²) in [5, 5.41) is 8.76. The van der Waals surface area contributed by atoms with E-state index >= 15 is 0 Å². The van der Waals surface area contributed by atoms with Crippen molar-refractivity contribution in [3.05, 3.63) is 28.2 Å². The van der Waals surface area contributed by atoms with E-state index < -0.39 is 6.09 Å². The van der Waals surface area contributed by atoms with Gasteiger partial charge in [-0.15, -0.1) is 0 Å². The first kappa shape index (κ1) is 11.7. The second-order valence-electron chi connectivity index (χ2n) is 2.74. The topological polar surface area (TPSA) is 83.6 Å². The molecule has 1 aromatic rings. The summed E-state index contributed by atoms with van der Waals surface area (Å²) in [5.41, 5.74) is 6.32. The Labute approximate surface area is 94.6 Å². The molecule has 0 saturated heterocycles. The van der Waals surface area contributed by atoms with Crippen LogP contribution in [0.4, 0.5) is 10.5 Å². The number of anilines is 1. The zero-order valence-electron chi connectivity index (χ0n) is 7.68. The van der Waals surface area contributed by atoms with Gasteiger partial charge in [0.1, 0.15) is 0 Å². The lowest BCUT2D eigenvalue weighted by atomic mass is 10.1. The van der Waals surface area contributed by atoms with Crippen LogP contribution in [0.3, 0.4) is 0 Å². The van der Waals surface area contributed by atoms with Crippen LogP contribution in [0.5, 0.6) is 0 Å². The molecule has 0 bridgehead atoms. The number of benzene rings is 1. The highest BCUT2D eigenvalue weighted by Gasteiger charge is 2.16. The molecule has 0 heterocycles. The second-order valence-corrected chi connectivity index (χ2v) is 3.65. The number of nitrogens with two attached hydrogens (primary N) is 1. The molecule has 2 amide bonds. The summed E-state index contributed by atoms with van der Waals surface area (Å²) in [6.45, 7) is 0.159. The average Bonchev–Trinajstić information content (AvgIpc) is 2.20. The fraction of sp³-hybridized carbons (Fsp3) is 0.111. The van der Waals surface area contributed by atoms with Gasteiger partial charge in [-0.1, -0.05) is 15.9 Å². The number of carbonyl (C=O) groups excluding carboxylic acids is 1. The third-order valence-corrected chi connectivity index (χ3v) is 2.33. The zero-order chi connectivity index (χ0) is 11.4. The molecule has 0 aromatic heterocycles. The molecule has 0 saturated carbocycles. The van der Waals surface area contributed by atoms with Crippen LogP contribution in [0, 0.1) is 0 Å². The van der Waals surface area contributed by atoms with Crippen LogP contribution >= 0.6 is 15.9 Å². The van der Waals surface area contributed by atoms with Gasteiger partial charge in [0.05, 0.1) is 5.69 Å². The minimum atomic E-state index is -1.33. The molecule has 1 aromatic carbocycles. The van der Waals surface area contributed by atoms with E-state index in [-0.39, 0.29) is 18.6 Å². The molecule has 5 nitrogen and oxygen atoms in total. The van der Waals surface area contributed by atoms with Gasteiger partial charge in [-0.05, 0) is 23.8 Å². The molecule has 1 rings (SSSR count). The number of rotatable bonds is 3. The first-order valence-electron chi connectivity index (χ1n) is 4.06. The highest BCUT2D eigenvalue weighted by Crippen LogP contribution is 2.23. The Morgan fingerprint density at radius 3 is 2.73 bits per heavy atom. The molecular weight excluding hydrogens is 264 g/mol. The van der Waals surface area contributed by atoms with Gasteiger partial charge in [0, 0.05) is 11.0 Å². The van der Waals surface area contributed by atoms with Crippen molar-refractivity contribution in [3.63, 3.8) is 0 Å². The molecule has 80 valence electrons. The molecule has 6 heteroatoms. The van der Waals surface area contributed by atoms with Crippen LogP contribution in [0.1, 0.15) is 5.56 Å². The lowest BCUT2D eigenvalue weighted by Crippen LogP contribution is -2.28. The van der Waals surface area contributed by atoms with E-state index in [1.54, 1.807) is 12.1 Å². The molecule has 0 aliphatic heterocycles. The van der Waals surface area contributed by atoms with E-state index in [4.69, 9.17) is 10.8 Å². The Balaban J connectivity index is 3.22. The van der Waals surface area contributed by atoms with Gasteiger partial charge in [0.25, 0.3) is 0 Å². The third kappa shape index (κ3) is 2.54. The maximum absolute atomic E-state index is 10.7. The predicted octanol–water partition coefficient (Wildman–Crippen LogP) is 1.55. The summed E-state index contributed by atoms with van der Waals surface area (Å²) >= 11 is 3.24. The second kappa shape index (κ2) is 4.90. The van der Waals surface area contributed by atoms with Gasteiger partial charge in [-0.2, -0.15) is 0 Å². The number of imide groups is 1. The standard InChI is InChI=1S/C9H9BrN2O3/c10-7-1-2-8(6(3-7)4-11)12(5-13)9(14)15/h1-3,5H,4,11H2,(H,14,15). The third-order valence-electron chi connectivity index (χ3n) is 1.83. The van der Waals surface area contributed by atoms with E-state index in [2.05, 4.69) is 15.9 Å². The van der Waals surface area contributed by atoms with Crippen LogP contribution in [-0.4, -0.2) is 17.6 Å². The SMILES string of the molecule is NCc1cc(Br)ccc1N(C=O)C(=O)O. The Morgan fingerprint density at radius 2 is 2.27 bits per heavy atom. The van der Waals surface area contributed by atoms with E-state index in [9.17, 15) is 9.59 Å². The monoisotopic (exact) mass is 272 g/mol. The summed E-state index contributed by atoms with van der Waals surface area (Å²) in [6, 6.07) is 4.84. The van der Waals surface area contributed by atoms with E-state index in [0.717, 1.165) is 4.47 Å². The minimum absolute atomic E-state index is 0.159. The highest BCUT2D eigenvalue weighted by atomic mass is 79.9. The number of hydrogen-bond donors (Lipinski definition) is 2. The highest BCUT2D eigenvalue weighted by molar-refractivity contribution is 9.10. The molecular formula is C9H9BrN2O3. The lowest BCUT2D eigenvalue weighted by Gasteiger charge is -2.15. The molecule has 0 aliphatic carbocycles. The van der Waals surface area contributed by atoms with Gasteiger partial charge in [0.2, 0.25) is 6.41 Å². The van der Waals surface area contributed by atoms with Gasteiger partial charge < -0.3 is 10.8 Å². The summed E-state index contributed by atoms with van der Waals surface area (Å²) in [5.74, 6) is 0. The molecule has 0 atom stereocenters. The summed E-state index contributed by atoms with van der Waals surface area (Å²) in [6.07, 6.45) is -1.09. The molecule has 0 radical (unpaired) electrons. The van der Waals surface area contributed by atoms with Crippen LogP contribution < -0.4 is 10.6 Å². The molecule has 3 N–H and O–H groups in total. The average molecular weight is 273 g/mol. The van der Waals surface area contributed by atoms with Crippen molar-refractivity contribution in [2.45, 2.75) is 6.54 Å². The summed E-state index contributed by atoms with van der Waals surface area (Å²) < 4.78 is 0.780. The van der Waals surface area contributed by atoms with Crippen molar-refractivity contribution in [2.24, 2.45) is 5.73 Å². The zero-order valence-corrected chi connectivity index (χ0v) is 9.27. The van der Waals surface area contributed by atoms with Crippen LogP contribution in [0.25, 0.3) is 0 Å². The lowest BCUT2D eigenvalue weighted by molar-refractivity contribution is -0.107. The molecule has 0 aliphatic rings. The van der Waals surface area contributed by atoms with Crippen molar-refractivity contribution in [1.82, 2.24) is 0 Å². The van der Waals surface area contributed by atoms with Gasteiger partial charge >= 0.3 is 6.09 Å². The van der Waals surface area contributed by atoms with Gasteiger partial charge in [0.15, 0.2) is 0 Å². The number of amides is 2. The quantitative estimate of drug-likeness (QED) is 0.818. The molecule has 0 spiro atoms. The number of carboxylic acid groups (broad SMARTS) is 1. The van der Waals surface area contributed by atoms with Crippen molar-refractivity contribution in [2.75, 3.05) is 4.90 Å². The van der Waals surface area contributed by atoms with Crippen molar-refractivity contribution in [1.29, 1.82) is 0 Å². The first-order valence-corrected chi connectivity index (χ1v) is 4.85. The Kier molecular flexibility index (Phi) is 3.81. The summed E-state index contributed by atoms with van der Waals surface area (Å²) in [7, 11) is 0. The van der Waals surface area contributed by atoms with E-state index in [0.29, 0.717) is 10.5 Å². The summed E-state index contributed by atoms with van der Waals surface area (Å²) in [4.78, 5) is 21.9. The largest absolute Gasteiger partial charge is 0.464 e. The van der Waals surface area contributed by atoms with Crippen LogP contribution in [-0.2, 0) is 11.3 Å². The molecule has 0 unspecified atom stereocenters. The fourth-order valence-corrected chi connectivity index (χ4v) is 1.57. The number of halogens is 1. The minimum Gasteiger partial charge on any atom is -0.464 e. The maximum atomic E-state index is 10.7. The Bertz CT molecular complexity index is 395. The van der Waals surface area contributed by atoms with Gasteiger partial charge in [-0.25, -0.2) is 9.69 Å². The van der Waals surface area contributed by atoms with Crippen LogP contribution in [0.2, 0.25) is 0 Å². The fourth-order valence-electron chi connectivity index (χ4n) is 1.16. The van der Waals surface area contributed by atoms with Crippen molar-refractivity contribution < 1.29 is 14.7 Å². The number of hydrogen-bond acceptors (Lipinski definition) is 3. The van der Waals surface area contributed by atoms with Crippen molar-refractivity contribution >= 4 is 34.1 Å². The smallest absolute Gasteiger partial charge is 0.418 e. The van der Waals surface area contributed by atoms with Crippen LogP contribution in [0.15, 0.2) is 22.7 Å². The van der Waals surface area contributed by atoms with Crippen molar-refractivity contribution in [3.8, 4) is 0 Å². The molecule has 0 fully saturated rings.